The van der Waals surface area contributed by atoms with Crippen molar-refractivity contribution >= 4 is 0 Å². The summed E-state index contributed by atoms with van der Waals surface area (Å²) in [5.74, 6) is 2.51. The van der Waals surface area contributed by atoms with E-state index < -0.39 is 23.2 Å². The molecule has 0 amide bonds. The van der Waals surface area contributed by atoms with Gasteiger partial charge in [0.15, 0.2) is 0 Å². The highest BCUT2D eigenvalue weighted by Crippen LogP contribution is 2.66. The Morgan fingerprint density at radius 1 is 1.16 bits per heavy atom. The predicted molar refractivity (Wildman–Crippen MR) is 94.3 cm³/mol. The number of hydrogen-bond donors (Lipinski definition) is 4. The second-order valence-electron chi connectivity index (χ2n) is 9.44. The van der Waals surface area contributed by atoms with Crippen molar-refractivity contribution in [1.29, 1.82) is 0 Å². The molecule has 0 bridgehead atoms. The minimum absolute atomic E-state index is 0.0406. The van der Waals surface area contributed by atoms with Crippen LogP contribution in [0.1, 0.15) is 52.4 Å². The minimum Gasteiger partial charge on any atom is -0.393 e. The van der Waals surface area contributed by atoms with Crippen molar-refractivity contribution < 1.29 is 20.4 Å². The van der Waals surface area contributed by atoms with Crippen LogP contribution in [0.4, 0.5) is 0 Å². The minimum atomic E-state index is -1.31. The zero-order valence-corrected chi connectivity index (χ0v) is 15.2. The predicted octanol–water partition coefficient (Wildman–Crippen LogP) is 1.62. The van der Waals surface area contributed by atoms with E-state index >= 15 is 0 Å². The topological polar surface area (TPSA) is 80.9 Å². The third-order valence-corrected chi connectivity index (χ3v) is 8.46. The van der Waals surface area contributed by atoms with Crippen molar-refractivity contribution in [2.45, 2.75) is 76.3 Å². The van der Waals surface area contributed by atoms with E-state index in [1.165, 1.54) is 5.57 Å². The molecule has 0 radical (unpaired) electrons. The zero-order chi connectivity index (χ0) is 18.2. The van der Waals surface area contributed by atoms with Gasteiger partial charge in [0.1, 0.15) is 5.60 Å². The number of hydrogen-bond acceptors (Lipinski definition) is 4. The van der Waals surface area contributed by atoms with Crippen molar-refractivity contribution in [3.63, 3.8) is 0 Å². The van der Waals surface area contributed by atoms with Crippen molar-refractivity contribution in [2.75, 3.05) is 0 Å². The maximum Gasteiger partial charge on any atom is 0.133 e. The maximum atomic E-state index is 11.0. The molecule has 3 fully saturated rings. The molecule has 4 aliphatic carbocycles. The van der Waals surface area contributed by atoms with E-state index in [1.807, 2.05) is 13.0 Å². The van der Waals surface area contributed by atoms with Crippen LogP contribution in [0, 0.1) is 40.9 Å². The third kappa shape index (κ3) is 2.10. The number of fused-ring (bicyclic) bond motifs is 5. The molecular formula is C21H30O4. The molecule has 0 aromatic heterocycles. The summed E-state index contributed by atoms with van der Waals surface area (Å²) in [6, 6.07) is 0. The molecule has 0 aromatic carbocycles. The standard InChI is InChI=1S/C21H30O4/c1-4-21(25)11-16(24)18-17-14(6-8-20(18,21)3)19(2)7-5-13(22)9-12(19)10-15(17)23/h1,10,13-18,22-25H,5-9,11H2,2-3H3/t13-,14?,15-,16+,17?,18?,19-,20-,21-/m0/s1. The van der Waals surface area contributed by atoms with Crippen LogP contribution in [-0.2, 0) is 0 Å². The number of terminal acetylenes is 1. The van der Waals surface area contributed by atoms with Gasteiger partial charge in [0.05, 0.1) is 18.3 Å². The summed E-state index contributed by atoms with van der Waals surface area (Å²) in [6.45, 7) is 4.24. The third-order valence-electron chi connectivity index (χ3n) is 8.46. The Labute approximate surface area is 150 Å². The molecule has 0 spiro atoms. The molecule has 0 aromatic rings. The summed E-state index contributed by atoms with van der Waals surface area (Å²) in [7, 11) is 0. The van der Waals surface area contributed by atoms with Crippen molar-refractivity contribution in [3.05, 3.63) is 11.6 Å². The molecule has 4 heteroatoms. The van der Waals surface area contributed by atoms with Gasteiger partial charge >= 0.3 is 0 Å². The van der Waals surface area contributed by atoms with E-state index in [4.69, 9.17) is 6.42 Å². The highest BCUT2D eigenvalue weighted by molar-refractivity contribution is 5.31. The molecule has 4 aliphatic rings. The second-order valence-corrected chi connectivity index (χ2v) is 9.44. The Morgan fingerprint density at radius 3 is 2.56 bits per heavy atom. The molecule has 4 N–H and O–H groups in total. The molecule has 0 aliphatic heterocycles. The molecular weight excluding hydrogens is 316 g/mol. The lowest BCUT2D eigenvalue weighted by molar-refractivity contribution is -0.136. The lowest BCUT2D eigenvalue weighted by Gasteiger charge is -2.59. The molecule has 4 rings (SSSR count). The van der Waals surface area contributed by atoms with Crippen LogP contribution in [0.15, 0.2) is 11.6 Å². The molecule has 0 saturated heterocycles. The summed E-state index contributed by atoms with van der Waals surface area (Å²) in [5.41, 5.74) is -0.751. The first-order valence-corrected chi connectivity index (χ1v) is 9.62. The first-order chi connectivity index (χ1) is 11.7. The number of rotatable bonds is 0. The summed E-state index contributed by atoms with van der Waals surface area (Å²) in [5, 5.41) is 42.8. The first kappa shape index (κ1) is 17.5. The monoisotopic (exact) mass is 346 g/mol. The Kier molecular flexibility index (Phi) is 3.74. The highest BCUT2D eigenvalue weighted by Gasteiger charge is 2.67. The highest BCUT2D eigenvalue weighted by atomic mass is 16.3. The van der Waals surface area contributed by atoms with Gasteiger partial charge in [0.2, 0.25) is 0 Å². The van der Waals surface area contributed by atoms with E-state index in [1.54, 1.807) is 0 Å². The largest absolute Gasteiger partial charge is 0.393 e. The summed E-state index contributed by atoms with van der Waals surface area (Å²) < 4.78 is 0. The van der Waals surface area contributed by atoms with E-state index in [-0.39, 0.29) is 35.7 Å². The average molecular weight is 346 g/mol. The molecule has 4 nitrogen and oxygen atoms in total. The number of aliphatic hydroxyl groups excluding tert-OH is 3. The molecule has 3 unspecified atom stereocenters. The van der Waals surface area contributed by atoms with Crippen LogP contribution in [0.3, 0.4) is 0 Å². The van der Waals surface area contributed by atoms with E-state index in [2.05, 4.69) is 12.8 Å². The fourth-order valence-corrected chi connectivity index (χ4v) is 6.95. The summed E-state index contributed by atoms with van der Waals surface area (Å²) in [6.07, 6.45) is 10.1. The van der Waals surface area contributed by atoms with Gasteiger partial charge in [-0.05, 0) is 55.3 Å². The van der Waals surface area contributed by atoms with E-state index in [9.17, 15) is 20.4 Å². The number of aliphatic hydroxyl groups is 4. The normalized spacial score (nSPS) is 57.7. The van der Waals surface area contributed by atoms with Crippen molar-refractivity contribution in [3.8, 4) is 12.3 Å². The smallest absolute Gasteiger partial charge is 0.133 e. The van der Waals surface area contributed by atoms with Crippen LogP contribution in [0.5, 0.6) is 0 Å². The van der Waals surface area contributed by atoms with Gasteiger partial charge in [-0.3, -0.25) is 0 Å². The molecule has 25 heavy (non-hydrogen) atoms. The van der Waals surface area contributed by atoms with Crippen molar-refractivity contribution in [1.82, 2.24) is 0 Å². The molecule has 138 valence electrons. The molecule has 3 saturated carbocycles. The van der Waals surface area contributed by atoms with Crippen molar-refractivity contribution in [2.24, 2.45) is 28.6 Å². The van der Waals surface area contributed by atoms with Gasteiger partial charge < -0.3 is 20.4 Å². The van der Waals surface area contributed by atoms with Gasteiger partial charge in [-0.1, -0.05) is 31.4 Å². The van der Waals surface area contributed by atoms with Gasteiger partial charge in [-0.2, -0.15) is 0 Å². The summed E-state index contributed by atoms with van der Waals surface area (Å²) in [4.78, 5) is 0. The Bertz CT molecular complexity index is 651. The van der Waals surface area contributed by atoms with Crippen LogP contribution < -0.4 is 0 Å². The molecule has 9 atom stereocenters. The Balaban J connectivity index is 1.78. The fraction of sp³-hybridized carbons (Fsp3) is 0.810. The fourth-order valence-electron chi connectivity index (χ4n) is 6.95. The van der Waals surface area contributed by atoms with Gasteiger partial charge in [-0.15, -0.1) is 6.42 Å². The second kappa shape index (κ2) is 5.33. The van der Waals surface area contributed by atoms with Gasteiger partial charge in [-0.25, -0.2) is 0 Å². The van der Waals surface area contributed by atoms with Gasteiger partial charge in [0, 0.05) is 11.8 Å². The molecule has 0 heterocycles. The average Bonchev–Trinajstić information content (AvgIpc) is 2.76. The lowest BCUT2D eigenvalue weighted by atomic mass is 9.46. The quantitative estimate of drug-likeness (QED) is 0.397. The summed E-state index contributed by atoms with van der Waals surface area (Å²) >= 11 is 0. The Hall–Kier alpha value is -0.860. The first-order valence-electron chi connectivity index (χ1n) is 9.62. The van der Waals surface area contributed by atoms with Gasteiger partial charge in [0.25, 0.3) is 0 Å². The SMILES string of the molecule is C#C[C@]1(O)C[C@@H](O)C2C3C(CC[C@@]21C)[C@@]1(C)CC[C@H](O)CC1=C[C@@H]3O. The lowest BCUT2D eigenvalue weighted by Crippen LogP contribution is -2.58. The zero-order valence-electron chi connectivity index (χ0n) is 15.2. The van der Waals surface area contributed by atoms with Crippen LogP contribution >= 0.6 is 0 Å². The van der Waals surface area contributed by atoms with Crippen LogP contribution in [0.2, 0.25) is 0 Å². The van der Waals surface area contributed by atoms with Crippen LogP contribution in [-0.4, -0.2) is 44.3 Å². The Morgan fingerprint density at radius 2 is 1.88 bits per heavy atom. The van der Waals surface area contributed by atoms with E-state index in [0.717, 1.165) is 25.7 Å². The van der Waals surface area contributed by atoms with E-state index in [0.29, 0.717) is 6.42 Å². The van der Waals surface area contributed by atoms with Crippen LogP contribution in [0.25, 0.3) is 0 Å². The maximum absolute atomic E-state index is 11.0.